The molecule has 19 heavy (non-hydrogen) atoms. The molecule has 0 N–H and O–H groups in total. The van der Waals surface area contributed by atoms with E-state index in [1.807, 2.05) is 6.92 Å². The molecule has 1 unspecified atom stereocenters. The van der Waals surface area contributed by atoms with Crippen molar-refractivity contribution in [2.45, 2.75) is 26.7 Å². The summed E-state index contributed by atoms with van der Waals surface area (Å²) < 4.78 is 4.91. The first-order valence-electron chi connectivity index (χ1n) is 6.03. The molecule has 1 rings (SSSR count). The molecule has 0 aliphatic carbocycles. The van der Waals surface area contributed by atoms with Gasteiger partial charge in [-0.25, -0.2) is 4.98 Å². The number of aromatic nitrogens is 1. The van der Waals surface area contributed by atoms with Crippen LogP contribution in [0.4, 0.5) is 0 Å². The van der Waals surface area contributed by atoms with Gasteiger partial charge in [-0.1, -0.05) is 36.5 Å². The molecule has 0 fully saturated rings. The van der Waals surface area contributed by atoms with Gasteiger partial charge in [0.1, 0.15) is 11.6 Å². The van der Waals surface area contributed by atoms with Gasteiger partial charge in [0.2, 0.25) is 0 Å². The maximum atomic E-state index is 12.3. The van der Waals surface area contributed by atoms with Crippen molar-refractivity contribution in [3.63, 3.8) is 0 Å². The average molecular weight is 304 g/mol. The first-order chi connectivity index (χ1) is 9.01. The molecule has 1 heterocycles. The van der Waals surface area contributed by atoms with Crippen molar-refractivity contribution < 1.29 is 14.3 Å². The quantitative estimate of drug-likeness (QED) is 0.458. The first kappa shape index (κ1) is 15.9. The number of Topliss-reactive ketones (excluding diaryl/α,β-unsaturated/α-hetero) is 1. The molecule has 0 bridgehead atoms. The van der Waals surface area contributed by atoms with E-state index in [1.54, 1.807) is 6.92 Å². The van der Waals surface area contributed by atoms with Gasteiger partial charge in [-0.15, -0.1) is 0 Å². The fourth-order valence-corrected chi connectivity index (χ4v) is 2.12. The number of carbonyl (C=O) groups is 2. The molecule has 0 saturated heterocycles. The molecular weight excluding hydrogens is 289 g/mol. The van der Waals surface area contributed by atoms with Crippen LogP contribution in [0.1, 0.15) is 37.2 Å². The Balaban J connectivity index is 3.02. The van der Waals surface area contributed by atoms with Gasteiger partial charge in [0, 0.05) is 6.20 Å². The lowest BCUT2D eigenvalue weighted by Gasteiger charge is -2.13. The molecule has 4 nitrogen and oxygen atoms in total. The second-order valence-corrected chi connectivity index (χ2v) is 4.79. The molecule has 104 valence electrons. The van der Waals surface area contributed by atoms with Gasteiger partial charge in [-0.3, -0.25) is 9.59 Å². The Hall–Kier alpha value is -1.13. The molecule has 1 aromatic rings. The number of rotatable bonds is 6. The Labute approximate surface area is 122 Å². The van der Waals surface area contributed by atoms with Crippen LogP contribution in [0.2, 0.25) is 10.0 Å². The highest BCUT2D eigenvalue weighted by Crippen LogP contribution is 2.23. The van der Waals surface area contributed by atoms with Crippen molar-refractivity contribution in [1.82, 2.24) is 4.98 Å². The Morgan fingerprint density at radius 1 is 1.37 bits per heavy atom. The van der Waals surface area contributed by atoms with Crippen LogP contribution in [0.15, 0.2) is 12.3 Å². The zero-order valence-electron chi connectivity index (χ0n) is 10.8. The van der Waals surface area contributed by atoms with Gasteiger partial charge < -0.3 is 4.74 Å². The van der Waals surface area contributed by atoms with Crippen molar-refractivity contribution in [2.24, 2.45) is 5.92 Å². The number of hydrogen-bond donors (Lipinski definition) is 0. The van der Waals surface area contributed by atoms with Crippen molar-refractivity contribution in [2.75, 3.05) is 6.61 Å². The molecule has 0 spiro atoms. The third kappa shape index (κ3) is 4.18. The lowest BCUT2D eigenvalue weighted by atomic mass is 9.96. The van der Waals surface area contributed by atoms with Gasteiger partial charge >= 0.3 is 5.97 Å². The average Bonchev–Trinajstić information content (AvgIpc) is 2.35. The highest BCUT2D eigenvalue weighted by molar-refractivity contribution is 6.36. The van der Waals surface area contributed by atoms with Gasteiger partial charge in [0.25, 0.3) is 0 Å². The van der Waals surface area contributed by atoms with E-state index in [0.29, 0.717) is 17.9 Å². The van der Waals surface area contributed by atoms with E-state index >= 15 is 0 Å². The Kier molecular flexibility index (Phi) is 6.25. The molecule has 0 radical (unpaired) electrons. The summed E-state index contributed by atoms with van der Waals surface area (Å²) in [6.07, 6.45) is 2.41. The number of esters is 1. The van der Waals surface area contributed by atoms with Gasteiger partial charge in [-0.05, 0) is 19.4 Å². The van der Waals surface area contributed by atoms with E-state index in [4.69, 9.17) is 27.9 Å². The topological polar surface area (TPSA) is 56.3 Å². The number of pyridine rings is 1. The van der Waals surface area contributed by atoms with Crippen LogP contribution >= 0.6 is 23.2 Å². The summed E-state index contributed by atoms with van der Waals surface area (Å²) in [6.45, 7) is 3.81. The van der Waals surface area contributed by atoms with Crippen LogP contribution in [0.25, 0.3) is 0 Å². The van der Waals surface area contributed by atoms with E-state index in [-0.39, 0.29) is 17.3 Å². The van der Waals surface area contributed by atoms with Crippen LogP contribution < -0.4 is 0 Å². The maximum Gasteiger partial charge on any atom is 0.316 e. The lowest BCUT2D eigenvalue weighted by molar-refractivity contribution is -0.146. The standard InChI is InChI=1S/C13H15Cl2NO3/c1-3-5-9(13(18)19-4-2)12(17)11-10(15)6-8(14)7-16-11/h6-7,9H,3-5H2,1-2H3. The Bertz CT molecular complexity index is 477. The fourth-order valence-electron chi connectivity index (χ4n) is 1.65. The Morgan fingerprint density at radius 3 is 2.58 bits per heavy atom. The SMILES string of the molecule is CCCC(C(=O)OCC)C(=O)c1ncc(Cl)cc1Cl. The van der Waals surface area contributed by atoms with Gasteiger partial charge in [0.05, 0.1) is 16.7 Å². The molecule has 0 aliphatic rings. The maximum absolute atomic E-state index is 12.3. The number of nitrogens with zero attached hydrogens (tertiary/aromatic N) is 1. The van der Waals surface area contributed by atoms with Crippen LogP contribution in [0, 0.1) is 5.92 Å². The Morgan fingerprint density at radius 2 is 2.05 bits per heavy atom. The highest BCUT2D eigenvalue weighted by atomic mass is 35.5. The molecule has 0 amide bonds. The van der Waals surface area contributed by atoms with Crippen molar-refractivity contribution in [1.29, 1.82) is 0 Å². The summed E-state index contributed by atoms with van der Waals surface area (Å²) in [5, 5.41) is 0.479. The normalized spacial score (nSPS) is 12.0. The van der Waals surface area contributed by atoms with Gasteiger partial charge in [0.15, 0.2) is 5.78 Å². The minimum atomic E-state index is -0.865. The largest absolute Gasteiger partial charge is 0.465 e. The summed E-state index contributed by atoms with van der Waals surface area (Å²) in [5.74, 6) is -1.83. The van der Waals surface area contributed by atoms with Crippen LogP contribution in [0.3, 0.4) is 0 Å². The third-order valence-electron chi connectivity index (χ3n) is 2.51. The minimum Gasteiger partial charge on any atom is -0.465 e. The summed E-state index contributed by atoms with van der Waals surface area (Å²) in [5.41, 5.74) is 0.0533. The van der Waals surface area contributed by atoms with E-state index < -0.39 is 17.7 Å². The van der Waals surface area contributed by atoms with Gasteiger partial charge in [-0.2, -0.15) is 0 Å². The number of ketones is 1. The van der Waals surface area contributed by atoms with Crippen LogP contribution in [-0.2, 0) is 9.53 Å². The summed E-state index contributed by atoms with van der Waals surface area (Å²) in [4.78, 5) is 28.0. The second kappa shape index (κ2) is 7.46. The second-order valence-electron chi connectivity index (χ2n) is 3.94. The number of carbonyl (C=O) groups excluding carboxylic acids is 2. The van der Waals surface area contributed by atoms with Crippen LogP contribution in [0.5, 0.6) is 0 Å². The van der Waals surface area contributed by atoms with E-state index in [1.165, 1.54) is 12.3 Å². The van der Waals surface area contributed by atoms with Crippen LogP contribution in [-0.4, -0.2) is 23.3 Å². The van der Waals surface area contributed by atoms with Crippen molar-refractivity contribution in [3.05, 3.63) is 28.0 Å². The monoisotopic (exact) mass is 303 g/mol. The molecular formula is C13H15Cl2NO3. The molecule has 0 aliphatic heterocycles. The number of hydrogen-bond acceptors (Lipinski definition) is 4. The zero-order chi connectivity index (χ0) is 14.4. The van der Waals surface area contributed by atoms with E-state index in [9.17, 15) is 9.59 Å². The van der Waals surface area contributed by atoms with Crippen molar-refractivity contribution in [3.8, 4) is 0 Å². The predicted molar refractivity (Wildman–Crippen MR) is 73.6 cm³/mol. The summed E-state index contributed by atoms with van der Waals surface area (Å²) >= 11 is 11.7. The zero-order valence-corrected chi connectivity index (χ0v) is 12.3. The minimum absolute atomic E-state index is 0.0533. The molecule has 6 heteroatoms. The molecule has 1 aromatic heterocycles. The first-order valence-corrected chi connectivity index (χ1v) is 6.78. The summed E-state index contributed by atoms with van der Waals surface area (Å²) in [7, 11) is 0. The molecule has 1 atom stereocenters. The molecule has 0 aromatic carbocycles. The van der Waals surface area contributed by atoms with E-state index in [2.05, 4.69) is 4.98 Å². The lowest BCUT2D eigenvalue weighted by Crippen LogP contribution is -2.27. The predicted octanol–water partition coefficient (Wildman–Crippen LogP) is 3.55. The smallest absolute Gasteiger partial charge is 0.316 e. The van der Waals surface area contributed by atoms with Crippen molar-refractivity contribution >= 4 is 35.0 Å². The number of ether oxygens (including phenoxy) is 1. The molecule has 0 saturated carbocycles. The summed E-state index contributed by atoms with van der Waals surface area (Å²) in [6, 6.07) is 1.43. The number of halogens is 2. The highest BCUT2D eigenvalue weighted by Gasteiger charge is 2.30. The third-order valence-corrected chi connectivity index (χ3v) is 3.00. The van der Waals surface area contributed by atoms with E-state index in [0.717, 1.165) is 0 Å². The fraction of sp³-hybridized carbons (Fsp3) is 0.462.